The van der Waals surface area contributed by atoms with Crippen LogP contribution in [0.15, 0.2) is 24.3 Å². The largest absolute Gasteiger partial charge is 0.507 e. The molecule has 1 saturated heterocycles. The molecule has 1 saturated carbocycles. The first-order valence-electron chi connectivity index (χ1n) is 7.58. The fraction of sp³-hybridized carbons (Fsp3) is 0.562. The van der Waals surface area contributed by atoms with Gasteiger partial charge in [0, 0.05) is 18.6 Å². The van der Waals surface area contributed by atoms with Gasteiger partial charge in [-0.3, -0.25) is 4.79 Å². The third kappa shape index (κ3) is 2.96. The summed E-state index contributed by atoms with van der Waals surface area (Å²) in [5.41, 5.74) is 0.426. The topological polar surface area (TPSA) is 52.6 Å². The number of para-hydroxylation sites is 1. The van der Waals surface area contributed by atoms with E-state index in [1.54, 1.807) is 24.3 Å². The molecule has 1 amide bonds. The van der Waals surface area contributed by atoms with E-state index < -0.39 is 0 Å². The van der Waals surface area contributed by atoms with Gasteiger partial charge in [0.1, 0.15) is 5.75 Å². The van der Waals surface area contributed by atoms with Crippen LogP contribution >= 0.6 is 0 Å². The van der Waals surface area contributed by atoms with Gasteiger partial charge in [0.25, 0.3) is 5.91 Å². The third-order valence-electron chi connectivity index (χ3n) is 4.21. The normalized spacial score (nSPS) is 22.5. The van der Waals surface area contributed by atoms with Gasteiger partial charge in [-0.25, -0.2) is 0 Å². The van der Waals surface area contributed by atoms with Crippen LogP contribution in [0.3, 0.4) is 0 Å². The SMILES string of the molecule is O=C(c1ccccc1O)N(CC1CCCCN1)C1CC1. The van der Waals surface area contributed by atoms with E-state index >= 15 is 0 Å². The first kappa shape index (κ1) is 13.4. The first-order chi connectivity index (χ1) is 9.75. The van der Waals surface area contributed by atoms with Crippen LogP contribution in [0.25, 0.3) is 0 Å². The number of nitrogens with one attached hydrogen (secondary N) is 1. The summed E-state index contributed by atoms with van der Waals surface area (Å²) < 4.78 is 0. The van der Waals surface area contributed by atoms with E-state index in [0.29, 0.717) is 17.6 Å². The molecule has 2 N–H and O–H groups in total. The Kier molecular flexibility index (Phi) is 3.92. The minimum atomic E-state index is -0.0297. The second-order valence-electron chi connectivity index (χ2n) is 5.85. The van der Waals surface area contributed by atoms with Crippen molar-refractivity contribution in [3.05, 3.63) is 29.8 Å². The number of phenolic OH excluding ortho intramolecular Hbond substituents is 1. The molecular weight excluding hydrogens is 252 g/mol. The molecule has 1 aromatic carbocycles. The number of hydrogen-bond donors (Lipinski definition) is 2. The van der Waals surface area contributed by atoms with E-state index in [4.69, 9.17) is 0 Å². The molecule has 20 heavy (non-hydrogen) atoms. The Morgan fingerprint density at radius 2 is 2.05 bits per heavy atom. The van der Waals surface area contributed by atoms with Crippen molar-refractivity contribution in [2.45, 2.75) is 44.2 Å². The fourth-order valence-electron chi connectivity index (χ4n) is 2.91. The molecule has 0 radical (unpaired) electrons. The van der Waals surface area contributed by atoms with E-state index in [9.17, 15) is 9.90 Å². The van der Waals surface area contributed by atoms with Crippen LogP contribution in [0.5, 0.6) is 5.75 Å². The molecule has 1 unspecified atom stereocenters. The van der Waals surface area contributed by atoms with Crippen molar-refractivity contribution >= 4 is 5.91 Å². The van der Waals surface area contributed by atoms with E-state index in [0.717, 1.165) is 32.4 Å². The first-order valence-corrected chi connectivity index (χ1v) is 7.58. The lowest BCUT2D eigenvalue weighted by Crippen LogP contribution is -2.46. The van der Waals surface area contributed by atoms with Gasteiger partial charge in [0.15, 0.2) is 0 Å². The van der Waals surface area contributed by atoms with Gasteiger partial charge in [-0.2, -0.15) is 0 Å². The predicted molar refractivity (Wildman–Crippen MR) is 77.8 cm³/mol. The van der Waals surface area contributed by atoms with Gasteiger partial charge in [0.05, 0.1) is 5.56 Å². The second kappa shape index (κ2) is 5.83. The van der Waals surface area contributed by atoms with E-state index in [1.807, 2.05) is 4.90 Å². The summed E-state index contributed by atoms with van der Waals surface area (Å²) in [6.45, 7) is 1.81. The summed E-state index contributed by atoms with van der Waals surface area (Å²) in [5, 5.41) is 13.4. The van der Waals surface area contributed by atoms with Crippen LogP contribution in [0.4, 0.5) is 0 Å². The fourth-order valence-corrected chi connectivity index (χ4v) is 2.91. The van der Waals surface area contributed by atoms with Gasteiger partial charge in [-0.1, -0.05) is 18.6 Å². The van der Waals surface area contributed by atoms with Crippen molar-refractivity contribution in [1.82, 2.24) is 10.2 Å². The summed E-state index contributed by atoms with van der Waals surface area (Å²) in [6.07, 6.45) is 5.78. The zero-order valence-electron chi connectivity index (χ0n) is 11.7. The van der Waals surface area contributed by atoms with Gasteiger partial charge in [0.2, 0.25) is 0 Å². The minimum Gasteiger partial charge on any atom is -0.507 e. The number of benzene rings is 1. The highest BCUT2D eigenvalue weighted by Gasteiger charge is 2.35. The van der Waals surface area contributed by atoms with Crippen molar-refractivity contribution in [1.29, 1.82) is 0 Å². The lowest BCUT2D eigenvalue weighted by Gasteiger charge is -2.31. The lowest BCUT2D eigenvalue weighted by molar-refractivity contribution is 0.0715. The quantitative estimate of drug-likeness (QED) is 0.884. The summed E-state index contributed by atoms with van der Waals surface area (Å²) in [6, 6.07) is 7.61. The standard InChI is InChI=1S/C16H22N2O2/c19-15-7-2-1-6-14(15)16(20)18(13-8-9-13)11-12-5-3-4-10-17-12/h1-2,6-7,12-13,17,19H,3-5,8-11H2. The molecule has 108 valence electrons. The van der Waals surface area contributed by atoms with Crippen molar-refractivity contribution in [3.63, 3.8) is 0 Å². The Morgan fingerprint density at radius 1 is 1.25 bits per heavy atom. The maximum Gasteiger partial charge on any atom is 0.257 e. The molecule has 1 aliphatic carbocycles. The number of rotatable bonds is 4. The zero-order chi connectivity index (χ0) is 13.9. The van der Waals surface area contributed by atoms with Gasteiger partial charge in [-0.15, -0.1) is 0 Å². The number of piperidine rings is 1. The monoisotopic (exact) mass is 274 g/mol. The van der Waals surface area contributed by atoms with E-state index in [1.165, 1.54) is 12.8 Å². The number of amides is 1. The highest BCUT2D eigenvalue weighted by molar-refractivity contribution is 5.97. The molecule has 1 aliphatic heterocycles. The van der Waals surface area contributed by atoms with Crippen LogP contribution in [-0.2, 0) is 0 Å². The number of nitrogens with zero attached hydrogens (tertiary/aromatic N) is 1. The maximum absolute atomic E-state index is 12.7. The third-order valence-corrected chi connectivity index (χ3v) is 4.21. The Morgan fingerprint density at radius 3 is 2.70 bits per heavy atom. The van der Waals surface area contributed by atoms with Gasteiger partial charge < -0.3 is 15.3 Å². The molecular formula is C16H22N2O2. The number of aromatic hydroxyl groups is 1. The average molecular weight is 274 g/mol. The van der Waals surface area contributed by atoms with E-state index in [-0.39, 0.29) is 11.7 Å². The van der Waals surface area contributed by atoms with Crippen LogP contribution < -0.4 is 5.32 Å². The van der Waals surface area contributed by atoms with Crippen molar-refractivity contribution < 1.29 is 9.90 Å². The van der Waals surface area contributed by atoms with Crippen LogP contribution in [0, 0.1) is 0 Å². The summed E-state index contributed by atoms with van der Waals surface area (Å²) >= 11 is 0. The second-order valence-corrected chi connectivity index (χ2v) is 5.85. The van der Waals surface area contributed by atoms with Crippen LogP contribution in [0.1, 0.15) is 42.5 Å². The molecule has 3 rings (SSSR count). The molecule has 1 atom stereocenters. The Labute approximate surface area is 119 Å². The number of hydrogen-bond acceptors (Lipinski definition) is 3. The molecule has 1 heterocycles. The molecule has 0 aromatic heterocycles. The molecule has 0 spiro atoms. The molecule has 4 heteroatoms. The number of carbonyl (C=O) groups excluding carboxylic acids is 1. The highest BCUT2D eigenvalue weighted by atomic mass is 16.3. The molecule has 1 aromatic rings. The highest BCUT2D eigenvalue weighted by Crippen LogP contribution is 2.30. The summed E-state index contributed by atoms with van der Waals surface area (Å²) in [5.74, 6) is 0.0535. The molecule has 2 fully saturated rings. The molecule has 2 aliphatic rings. The van der Waals surface area contributed by atoms with Crippen molar-refractivity contribution in [2.75, 3.05) is 13.1 Å². The van der Waals surface area contributed by atoms with Crippen LogP contribution in [0.2, 0.25) is 0 Å². The van der Waals surface area contributed by atoms with Crippen LogP contribution in [-0.4, -0.2) is 41.1 Å². The maximum atomic E-state index is 12.7. The number of carbonyl (C=O) groups is 1. The number of phenols is 1. The zero-order valence-corrected chi connectivity index (χ0v) is 11.7. The van der Waals surface area contributed by atoms with Gasteiger partial charge in [-0.05, 0) is 44.4 Å². The lowest BCUT2D eigenvalue weighted by atomic mass is 10.0. The minimum absolute atomic E-state index is 0.0297. The molecule has 4 nitrogen and oxygen atoms in total. The average Bonchev–Trinajstić information content (AvgIpc) is 3.30. The Hall–Kier alpha value is -1.55. The Balaban J connectivity index is 1.73. The summed E-state index contributed by atoms with van der Waals surface area (Å²) in [4.78, 5) is 14.6. The van der Waals surface area contributed by atoms with Gasteiger partial charge >= 0.3 is 0 Å². The van der Waals surface area contributed by atoms with Crippen molar-refractivity contribution in [3.8, 4) is 5.75 Å². The predicted octanol–water partition coefficient (Wildman–Crippen LogP) is 2.14. The Bertz CT molecular complexity index is 479. The van der Waals surface area contributed by atoms with Crippen molar-refractivity contribution in [2.24, 2.45) is 0 Å². The smallest absolute Gasteiger partial charge is 0.257 e. The molecule has 0 bridgehead atoms. The summed E-state index contributed by atoms with van der Waals surface area (Å²) in [7, 11) is 0. The van der Waals surface area contributed by atoms with E-state index in [2.05, 4.69) is 5.32 Å².